The van der Waals surface area contributed by atoms with Crippen LogP contribution in [0, 0.1) is 0 Å². The number of rotatable bonds is 6. The number of benzene rings is 13. The molecule has 0 unspecified atom stereocenters. The molecular formula is C84H70BN3. The molecule has 13 aromatic carbocycles. The Morgan fingerprint density at radius 3 is 1.34 bits per heavy atom. The minimum Gasteiger partial charge on any atom is -0.311 e. The van der Waals surface area contributed by atoms with Gasteiger partial charge in [0.05, 0.1) is 16.7 Å². The summed E-state index contributed by atoms with van der Waals surface area (Å²) in [5.41, 5.74) is 25.3. The summed E-state index contributed by atoms with van der Waals surface area (Å²) in [6.07, 6.45) is 0. The minimum absolute atomic E-state index is 0.0155. The highest BCUT2D eigenvalue weighted by molar-refractivity contribution is 7.00. The Hall–Kier alpha value is -9.90. The smallest absolute Gasteiger partial charge is 0.252 e. The minimum atomic E-state index is -0.218. The summed E-state index contributed by atoms with van der Waals surface area (Å²) in [5, 5.41) is 9.94. The third-order valence-electron chi connectivity index (χ3n) is 19.2. The molecule has 14 aromatic rings. The maximum absolute atomic E-state index is 2.67. The number of aromatic nitrogens is 1. The summed E-state index contributed by atoms with van der Waals surface area (Å²) >= 11 is 0. The molecule has 2 aliphatic heterocycles. The number of anilines is 6. The number of fused-ring (bicyclic) bond motifs is 10. The SMILES string of the molecule is CC(C)(C)c1ccc(N2c3cc(-n4c5ccccc5c5ccccc54)ccc3B3c4ccc(-c5c6ccccc6c(-c6ccc7ccccc7c6)c6ccccc56)cc4N(c4ccc(C(C)(C)C)cc4-c4ccccc4)c4cc(C(C)(C)C)cc2c43)cc1. The van der Waals surface area contributed by atoms with Gasteiger partial charge in [-0.25, -0.2) is 0 Å². The molecule has 0 atom stereocenters. The lowest BCUT2D eigenvalue weighted by Gasteiger charge is -2.45. The molecule has 3 heterocycles. The molecule has 16 rings (SSSR count). The van der Waals surface area contributed by atoms with Crippen molar-refractivity contribution < 1.29 is 0 Å². The highest BCUT2D eigenvalue weighted by Crippen LogP contribution is 2.52. The molecule has 3 nitrogen and oxygen atoms in total. The number of hydrogen-bond donors (Lipinski definition) is 0. The first-order chi connectivity index (χ1) is 42.6. The van der Waals surface area contributed by atoms with Gasteiger partial charge in [0.1, 0.15) is 0 Å². The van der Waals surface area contributed by atoms with E-state index in [4.69, 9.17) is 0 Å². The molecule has 0 saturated carbocycles. The van der Waals surface area contributed by atoms with E-state index in [1.165, 1.54) is 143 Å². The van der Waals surface area contributed by atoms with E-state index in [0.29, 0.717) is 0 Å². The lowest BCUT2D eigenvalue weighted by atomic mass is 9.33. The van der Waals surface area contributed by atoms with Crippen LogP contribution in [0.3, 0.4) is 0 Å². The van der Waals surface area contributed by atoms with Crippen molar-refractivity contribution in [1.29, 1.82) is 0 Å². The highest BCUT2D eigenvalue weighted by atomic mass is 15.2. The second-order valence-corrected chi connectivity index (χ2v) is 27.7. The van der Waals surface area contributed by atoms with Gasteiger partial charge in [-0.1, -0.05) is 250 Å². The summed E-state index contributed by atoms with van der Waals surface area (Å²) in [5.74, 6) is 0. The number of para-hydroxylation sites is 2. The van der Waals surface area contributed by atoms with Crippen LogP contribution >= 0.6 is 0 Å². The van der Waals surface area contributed by atoms with Crippen LogP contribution in [-0.4, -0.2) is 11.3 Å². The van der Waals surface area contributed by atoms with Crippen molar-refractivity contribution in [3.05, 3.63) is 278 Å². The summed E-state index contributed by atoms with van der Waals surface area (Å²) < 4.78 is 2.48. The van der Waals surface area contributed by atoms with Gasteiger partial charge in [-0.05, 0) is 182 Å². The van der Waals surface area contributed by atoms with Crippen LogP contribution in [-0.2, 0) is 16.2 Å². The molecule has 0 bridgehead atoms. The Labute approximate surface area is 517 Å². The van der Waals surface area contributed by atoms with Gasteiger partial charge in [0, 0.05) is 50.5 Å². The van der Waals surface area contributed by atoms with Gasteiger partial charge < -0.3 is 14.4 Å². The zero-order valence-corrected chi connectivity index (χ0v) is 51.7. The van der Waals surface area contributed by atoms with Crippen LogP contribution in [0.1, 0.15) is 79.0 Å². The fraction of sp³-hybridized carbons (Fsp3) is 0.143. The Morgan fingerprint density at radius 2 is 0.750 bits per heavy atom. The molecule has 424 valence electrons. The Kier molecular flexibility index (Phi) is 12.1. The average Bonchev–Trinajstić information content (AvgIpc) is 0.778. The predicted molar refractivity (Wildman–Crippen MR) is 380 cm³/mol. The van der Waals surface area contributed by atoms with Gasteiger partial charge in [0.15, 0.2) is 0 Å². The van der Waals surface area contributed by atoms with Crippen molar-refractivity contribution in [1.82, 2.24) is 4.57 Å². The summed E-state index contributed by atoms with van der Waals surface area (Å²) in [4.78, 5) is 5.28. The Balaban J connectivity index is 1.02. The molecule has 0 amide bonds. The van der Waals surface area contributed by atoms with Crippen LogP contribution in [0.5, 0.6) is 0 Å². The van der Waals surface area contributed by atoms with E-state index in [1.54, 1.807) is 0 Å². The van der Waals surface area contributed by atoms with Gasteiger partial charge in [-0.3, -0.25) is 0 Å². The van der Waals surface area contributed by atoms with Crippen molar-refractivity contribution in [3.63, 3.8) is 0 Å². The van der Waals surface area contributed by atoms with Gasteiger partial charge in [0.25, 0.3) is 6.71 Å². The van der Waals surface area contributed by atoms with E-state index in [1.807, 2.05) is 0 Å². The lowest BCUT2D eigenvalue weighted by Crippen LogP contribution is -2.61. The highest BCUT2D eigenvalue weighted by Gasteiger charge is 2.45. The molecule has 88 heavy (non-hydrogen) atoms. The fourth-order valence-corrected chi connectivity index (χ4v) is 14.7. The zero-order chi connectivity index (χ0) is 60.0. The first-order valence-corrected chi connectivity index (χ1v) is 31.4. The second-order valence-electron chi connectivity index (χ2n) is 27.7. The topological polar surface area (TPSA) is 11.4 Å². The fourth-order valence-electron chi connectivity index (χ4n) is 14.7. The van der Waals surface area contributed by atoms with E-state index in [-0.39, 0.29) is 23.0 Å². The summed E-state index contributed by atoms with van der Waals surface area (Å²) in [6.45, 7) is 20.9. The lowest BCUT2D eigenvalue weighted by molar-refractivity contribution is 0.590. The van der Waals surface area contributed by atoms with E-state index < -0.39 is 0 Å². The monoisotopic (exact) mass is 1130 g/mol. The van der Waals surface area contributed by atoms with Crippen LogP contribution in [0.4, 0.5) is 34.1 Å². The summed E-state index contributed by atoms with van der Waals surface area (Å²) in [6, 6.07) is 99.5. The van der Waals surface area contributed by atoms with E-state index >= 15 is 0 Å². The molecule has 0 aliphatic carbocycles. The van der Waals surface area contributed by atoms with Crippen LogP contribution in [0.2, 0.25) is 0 Å². The van der Waals surface area contributed by atoms with Gasteiger partial charge >= 0.3 is 0 Å². The molecule has 4 heteroatoms. The predicted octanol–water partition coefficient (Wildman–Crippen LogP) is 21.2. The largest absolute Gasteiger partial charge is 0.311 e. The first kappa shape index (κ1) is 53.6. The Morgan fingerprint density at radius 1 is 0.284 bits per heavy atom. The average molecular weight is 1130 g/mol. The molecule has 0 radical (unpaired) electrons. The quantitative estimate of drug-likeness (QED) is 0.121. The maximum atomic E-state index is 2.67. The van der Waals surface area contributed by atoms with Crippen molar-refractivity contribution in [2.24, 2.45) is 0 Å². The number of nitrogens with zero attached hydrogens (tertiary/aromatic N) is 3. The van der Waals surface area contributed by atoms with Crippen molar-refractivity contribution in [2.75, 3.05) is 9.80 Å². The van der Waals surface area contributed by atoms with Gasteiger partial charge in [-0.15, -0.1) is 0 Å². The molecule has 0 saturated heterocycles. The van der Waals surface area contributed by atoms with E-state index in [2.05, 4.69) is 338 Å². The molecule has 2 aliphatic rings. The zero-order valence-electron chi connectivity index (χ0n) is 51.7. The molecule has 0 fully saturated rings. The standard InChI is InChI=1S/C84H70BN3/c1-82(2,3)58-38-41-61(42-39-58)86-76-52-62(87-72-33-21-19-27-63(72)64-28-20-22-34-73(64)87)43-45-71(76)85-70-44-37-57(80-67-31-17-15-29-65(67)79(66-30-16-18-32-68(66)80)56-36-35-53-23-13-14-26-55(53)47-56)48-75(70)88(78-51-60(84(7,8)9)50-77(86)81(78)85)74-46-40-59(83(4,5)6)49-69(74)54-24-11-10-12-25-54/h10-52H,1-9H3. The van der Waals surface area contributed by atoms with Crippen LogP contribution < -0.4 is 26.2 Å². The third kappa shape index (κ3) is 8.47. The maximum Gasteiger partial charge on any atom is 0.252 e. The Bertz CT molecular complexity index is 5050. The molecular weight excluding hydrogens is 1060 g/mol. The second kappa shape index (κ2) is 19.8. The van der Waals surface area contributed by atoms with Gasteiger partial charge in [-0.2, -0.15) is 0 Å². The van der Waals surface area contributed by atoms with E-state index in [0.717, 1.165) is 17.1 Å². The summed E-state index contributed by atoms with van der Waals surface area (Å²) in [7, 11) is 0. The van der Waals surface area contributed by atoms with Crippen molar-refractivity contribution in [3.8, 4) is 39.1 Å². The van der Waals surface area contributed by atoms with Crippen molar-refractivity contribution in [2.45, 2.75) is 78.6 Å². The molecule has 0 N–H and O–H groups in total. The molecule has 0 spiro atoms. The number of hydrogen-bond acceptors (Lipinski definition) is 2. The van der Waals surface area contributed by atoms with Crippen LogP contribution in [0.25, 0.3) is 93.2 Å². The normalized spacial score (nSPS) is 13.2. The van der Waals surface area contributed by atoms with Crippen molar-refractivity contribution >= 4 is 111 Å². The third-order valence-corrected chi connectivity index (χ3v) is 19.2. The van der Waals surface area contributed by atoms with Gasteiger partial charge in [0.2, 0.25) is 0 Å². The van der Waals surface area contributed by atoms with E-state index in [9.17, 15) is 0 Å². The molecule has 1 aromatic heterocycles. The van der Waals surface area contributed by atoms with Crippen LogP contribution in [0.15, 0.2) is 261 Å². The first-order valence-electron chi connectivity index (χ1n) is 31.4.